The summed E-state index contributed by atoms with van der Waals surface area (Å²) < 4.78 is 166. The van der Waals surface area contributed by atoms with Crippen LogP contribution in [0.2, 0.25) is 0 Å². The van der Waals surface area contributed by atoms with Gasteiger partial charge in [0, 0.05) is 4.53 Å². The highest BCUT2D eigenvalue weighted by Gasteiger charge is 2.55. The van der Waals surface area contributed by atoms with Gasteiger partial charge in [-0.15, -0.1) is 0 Å². The van der Waals surface area contributed by atoms with Crippen molar-refractivity contribution in [1.82, 2.24) is 0 Å². The molecular formula is C29H46F14O5. The minimum absolute atomic E-state index is 0.0565. The van der Waals surface area contributed by atoms with Crippen LogP contribution in [-0.4, -0.2) is 49.8 Å². The first kappa shape index (κ1) is 54.8. The lowest BCUT2D eigenvalue weighted by Crippen LogP contribution is -2.39. The molecule has 0 unspecified atom stereocenters. The van der Waals surface area contributed by atoms with Crippen LogP contribution in [0.15, 0.2) is 11.7 Å². The van der Waals surface area contributed by atoms with Crippen LogP contribution >= 0.6 is 0 Å². The second-order valence-corrected chi connectivity index (χ2v) is 14.0. The van der Waals surface area contributed by atoms with Crippen LogP contribution < -0.4 is 0 Å². The molecule has 0 N–H and O–H groups in total. The zero-order valence-corrected chi connectivity index (χ0v) is 29.2. The average Bonchev–Trinajstić information content (AvgIpc) is 2.85. The Kier molecular flexibility index (Phi) is 23.0. The van der Waals surface area contributed by atoms with E-state index in [2.05, 4.69) is 4.94 Å². The molecule has 0 heterocycles. The second-order valence-electron chi connectivity index (χ2n) is 14.0. The van der Waals surface area contributed by atoms with E-state index in [0.717, 1.165) is 13.8 Å². The van der Waals surface area contributed by atoms with E-state index in [-0.39, 0.29) is 22.4 Å². The van der Waals surface area contributed by atoms with Gasteiger partial charge in [-0.05, 0) is 87.1 Å². The van der Waals surface area contributed by atoms with Gasteiger partial charge in [-0.3, -0.25) is 18.9 Å². The number of esters is 1. The Balaban J connectivity index is -0.000000163. The fourth-order valence-electron chi connectivity index (χ4n) is 0.898. The molecule has 0 amide bonds. The molecule has 0 fully saturated rings. The highest BCUT2D eigenvalue weighted by atomic mass is 19.4. The normalized spacial score (nSPS) is 12.6. The van der Waals surface area contributed by atoms with E-state index in [1.54, 1.807) is 0 Å². The van der Waals surface area contributed by atoms with Crippen molar-refractivity contribution in [3.05, 3.63) is 11.7 Å². The molecule has 5 nitrogen and oxygen atoms in total. The van der Waals surface area contributed by atoms with Crippen LogP contribution in [0.3, 0.4) is 0 Å². The average molecular weight is 741 g/mol. The molecule has 290 valence electrons. The Morgan fingerprint density at radius 3 is 0.958 bits per heavy atom. The third kappa shape index (κ3) is 23.7. The molecule has 0 atom stereocenters. The lowest BCUT2D eigenvalue weighted by atomic mass is 9.93. The van der Waals surface area contributed by atoms with Gasteiger partial charge in [0.1, 0.15) is 6.67 Å². The molecule has 0 aliphatic carbocycles. The molecule has 0 spiro atoms. The Morgan fingerprint density at radius 1 is 0.562 bits per heavy atom. The van der Waals surface area contributed by atoms with Gasteiger partial charge in [-0.2, -0.15) is 52.7 Å². The predicted octanol–water partition coefficient (Wildman–Crippen LogP) is 11.4. The minimum Gasteiger partial charge on any atom is -0.465 e. The van der Waals surface area contributed by atoms with Crippen molar-refractivity contribution in [2.75, 3.05) is 13.3 Å². The molecule has 0 saturated carbocycles. The monoisotopic (exact) mass is 740 g/mol. The summed E-state index contributed by atoms with van der Waals surface area (Å²) >= 11 is 0. The largest absolute Gasteiger partial charge is 0.465 e. The van der Waals surface area contributed by atoms with Crippen molar-refractivity contribution in [2.24, 2.45) is 27.1 Å². The third-order valence-electron chi connectivity index (χ3n) is 5.22. The Morgan fingerprint density at radius 2 is 0.875 bits per heavy atom. The van der Waals surface area contributed by atoms with E-state index in [4.69, 9.17) is 4.74 Å². The second kappa shape index (κ2) is 20.1. The first-order chi connectivity index (χ1) is 20.5. The summed E-state index contributed by atoms with van der Waals surface area (Å²) in [6, 6.07) is -2.36. The molecule has 0 saturated heterocycles. The third-order valence-corrected chi connectivity index (χ3v) is 5.22. The van der Waals surface area contributed by atoms with Crippen molar-refractivity contribution in [3.63, 3.8) is 0 Å². The number of allylic oxidation sites excluding steroid dienone is 1. The molecule has 0 bridgehead atoms. The molecule has 0 aromatic carbocycles. The summed E-state index contributed by atoms with van der Waals surface area (Å²) in [5.41, 5.74) is -8.08. The van der Waals surface area contributed by atoms with Crippen LogP contribution in [0, 0.1) is 27.1 Å². The van der Waals surface area contributed by atoms with Crippen molar-refractivity contribution >= 4 is 18.0 Å². The van der Waals surface area contributed by atoms with E-state index in [1.165, 1.54) is 13.8 Å². The van der Waals surface area contributed by atoms with Gasteiger partial charge in [0.2, 0.25) is 0 Å². The zero-order chi connectivity index (χ0) is 40.7. The summed E-state index contributed by atoms with van der Waals surface area (Å²) in [4.78, 5) is 33.7. The summed E-state index contributed by atoms with van der Waals surface area (Å²) in [7, 11) is 0. The maximum atomic E-state index is 11.8. The van der Waals surface area contributed by atoms with Gasteiger partial charge in [-0.1, -0.05) is 20.8 Å². The number of hydrogen-bond acceptors (Lipinski definition) is 5. The lowest BCUT2D eigenvalue weighted by molar-refractivity contribution is -0.246. The van der Waals surface area contributed by atoms with E-state index in [9.17, 15) is 76.0 Å². The van der Waals surface area contributed by atoms with Gasteiger partial charge in [-0.25, -0.2) is 4.79 Å². The molecule has 19 heteroatoms. The standard InChI is InChI=1S/C10H20O2.C5H6F4O2.C5H6F4O.C5H8F4.C4H6F2/c1-9(2,3)7-12-8(11)10(4,5)6;1-4(2,3(10)11-9)5(6,7)8;1-4(2,3(6)10)5(7,8)9;1-4(2,3-6)5(7,8)9;1-3(2)4(5)6/h7H2,1-6H3;1-2H3;1-2H3;3H2,1-2H3;1-2H3. The first-order valence-electron chi connectivity index (χ1n) is 13.5. The number of ether oxygens (including phenoxy) is 1. The van der Waals surface area contributed by atoms with E-state index >= 15 is 0 Å². The molecule has 0 aliphatic heterocycles. The van der Waals surface area contributed by atoms with Gasteiger partial charge < -0.3 is 4.74 Å². The number of halogens is 14. The minimum atomic E-state index is -4.81. The van der Waals surface area contributed by atoms with Gasteiger partial charge in [0.05, 0.1) is 17.4 Å². The van der Waals surface area contributed by atoms with Crippen molar-refractivity contribution in [3.8, 4) is 0 Å². The first-order valence-corrected chi connectivity index (χ1v) is 13.5. The number of carbonyl (C=O) groups is 3. The summed E-state index contributed by atoms with van der Waals surface area (Å²) in [6.07, 6.45) is -15.6. The van der Waals surface area contributed by atoms with Gasteiger partial charge in [0.15, 0.2) is 10.8 Å². The lowest BCUT2D eigenvalue weighted by Gasteiger charge is -2.23. The number of alkyl halides is 10. The zero-order valence-electron chi connectivity index (χ0n) is 29.2. The topological polar surface area (TPSA) is 69.7 Å². The summed E-state index contributed by atoms with van der Waals surface area (Å²) in [5.74, 6) is -2.07. The fraction of sp³-hybridized carbons (Fsp3) is 0.828. The molecule has 0 radical (unpaired) electrons. The maximum Gasteiger partial charge on any atom is 0.404 e. The molecule has 0 aliphatic rings. The van der Waals surface area contributed by atoms with Gasteiger partial charge >= 0.3 is 36.5 Å². The summed E-state index contributed by atoms with van der Waals surface area (Å²) in [5, 5.41) is 0. The van der Waals surface area contributed by atoms with Crippen molar-refractivity contribution < 1.29 is 85.7 Å². The fourth-order valence-corrected chi connectivity index (χ4v) is 0.898. The summed E-state index contributed by atoms with van der Waals surface area (Å²) in [6.45, 7) is 17.3. The number of rotatable bonds is 4. The molecular weight excluding hydrogens is 694 g/mol. The van der Waals surface area contributed by atoms with E-state index in [1.807, 2.05) is 41.5 Å². The number of hydrogen-bond donors (Lipinski definition) is 0. The van der Waals surface area contributed by atoms with Gasteiger partial charge in [0.25, 0.3) is 6.08 Å². The predicted molar refractivity (Wildman–Crippen MR) is 149 cm³/mol. The van der Waals surface area contributed by atoms with Crippen LogP contribution in [0.5, 0.6) is 0 Å². The molecule has 48 heavy (non-hydrogen) atoms. The quantitative estimate of drug-likeness (QED) is 0.163. The maximum absolute atomic E-state index is 11.8. The highest BCUT2D eigenvalue weighted by molar-refractivity contribution is 5.76. The van der Waals surface area contributed by atoms with Crippen LogP contribution in [0.1, 0.15) is 96.9 Å². The molecule has 0 aromatic heterocycles. The van der Waals surface area contributed by atoms with Crippen LogP contribution in [0.25, 0.3) is 0 Å². The highest BCUT2D eigenvalue weighted by Crippen LogP contribution is 2.39. The molecule has 0 aromatic rings. The van der Waals surface area contributed by atoms with Crippen LogP contribution in [-0.2, 0) is 24.1 Å². The smallest absolute Gasteiger partial charge is 0.404 e. The van der Waals surface area contributed by atoms with Crippen LogP contribution in [0.4, 0.5) is 61.6 Å². The Bertz CT molecular complexity index is 992. The SMILES string of the molecule is CC(C)(C(=O)F)C(F)(F)F.CC(C)(C(=O)OF)C(F)(F)F.CC(C)(C)COC(=O)C(C)(C)C.CC(C)(CF)C(F)(F)F.CC(C)=C(F)F. The Hall–Kier alpha value is -2.63. The van der Waals surface area contributed by atoms with E-state index < -0.39 is 59.5 Å². The molecule has 0 rings (SSSR count). The van der Waals surface area contributed by atoms with E-state index in [0.29, 0.717) is 34.3 Å². The number of carbonyl (C=O) groups excluding carboxylic acids is 3. The van der Waals surface area contributed by atoms with Crippen molar-refractivity contribution in [2.45, 2.75) is 115 Å². The van der Waals surface area contributed by atoms with Crippen molar-refractivity contribution in [1.29, 1.82) is 0 Å². The Labute approximate surface area is 271 Å².